The van der Waals surface area contributed by atoms with Crippen LogP contribution in [-0.2, 0) is 6.42 Å². The Kier molecular flexibility index (Phi) is 2.88. The zero-order chi connectivity index (χ0) is 13.2. The molecule has 1 aromatic carbocycles. The third-order valence-electron chi connectivity index (χ3n) is 3.13. The number of aldehydes is 1. The lowest BCUT2D eigenvalue weighted by Gasteiger charge is -1.99. The SMILES string of the molecule is Cc1cccc(Cc2cn3cc(C=O)ccc3n2)c1. The smallest absolute Gasteiger partial charge is 0.151 e. The van der Waals surface area contributed by atoms with Crippen LogP contribution in [-0.4, -0.2) is 15.7 Å². The molecule has 0 aliphatic rings. The highest BCUT2D eigenvalue weighted by atomic mass is 16.1. The van der Waals surface area contributed by atoms with Crippen molar-refractivity contribution >= 4 is 11.9 Å². The van der Waals surface area contributed by atoms with Crippen molar-refractivity contribution < 1.29 is 4.79 Å². The molecule has 0 spiro atoms. The van der Waals surface area contributed by atoms with Crippen LogP contribution in [0.3, 0.4) is 0 Å². The molecule has 0 bridgehead atoms. The van der Waals surface area contributed by atoms with E-state index >= 15 is 0 Å². The van der Waals surface area contributed by atoms with Gasteiger partial charge in [-0.05, 0) is 24.6 Å². The number of rotatable bonds is 3. The van der Waals surface area contributed by atoms with Crippen molar-refractivity contribution in [3.8, 4) is 0 Å². The highest BCUT2D eigenvalue weighted by molar-refractivity contribution is 5.74. The van der Waals surface area contributed by atoms with Gasteiger partial charge in [-0.3, -0.25) is 4.79 Å². The largest absolute Gasteiger partial charge is 0.306 e. The Labute approximate surface area is 111 Å². The van der Waals surface area contributed by atoms with E-state index in [9.17, 15) is 4.79 Å². The fraction of sp³-hybridized carbons (Fsp3) is 0.125. The number of benzene rings is 1. The number of nitrogens with zero attached hydrogens (tertiary/aromatic N) is 2. The Balaban J connectivity index is 1.95. The van der Waals surface area contributed by atoms with Crippen LogP contribution in [0.25, 0.3) is 5.65 Å². The Morgan fingerprint density at radius 3 is 2.89 bits per heavy atom. The van der Waals surface area contributed by atoms with E-state index in [-0.39, 0.29) is 0 Å². The minimum absolute atomic E-state index is 0.659. The molecule has 3 rings (SSSR count). The Bertz CT molecular complexity index is 743. The minimum Gasteiger partial charge on any atom is -0.306 e. The van der Waals surface area contributed by atoms with Crippen LogP contribution in [0.5, 0.6) is 0 Å². The third-order valence-corrected chi connectivity index (χ3v) is 3.13. The van der Waals surface area contributed by atoms with E-state index in [1.807, 2.05) is 16.7 Å². The Morgan fingerprint density at radius 1 is 1.21 bits per heavy atom. The van der Waals surface area contributed by atoms with Crippen LogP contribution in [0.2, 0.25) is 0 Å². The first-order chi connectivity index (χ1) is 9.24. The standard InChI is InChI=1S/C16H14N2O/c1-12-3-2-4-13(7-12)8-15-10-18-9-14(11-19)5-6-16(18)17-15/h2-7,9-11H,8H2,1H3. The quantitative estimate of drug-likeness (QED) is 0.669. The van der Waals surface area contributed by atoms with Gasteiger partial charge in [-0.15, -0.1) is 0 Å². The lowest BCUT2D eigenvalue weighted by molar-refractivity contribution is 0.112. The molecule has 0 aliphatic carbocycles. The number of hydrogen-bond donors (Lipinski definition) is 0. The number of carbonyl (C=O) groups excluding carboxylic acids is 1. The van der Waals surface area contributed by atoms with Gasteiger partial charge in [0.25, 0.3) is 0 Å². The summed E-state index contributed by atoms with van der Waals surface area (Å²) >= 11 is 0. The van der Waals surface area contributed by atoms with Crippen molar-refractivity contribution in [2.75, 3.05) is 0 Å². The molecular weight excluding hydrogens is 236 g/mol. The average molecular weight is 250 g/mol. The van der Waals surface area contributed by atoms with Gasteiger partial charge in [0.2, 0.25) is 0 Å². The molecule has 0 radical (unpaired) electrons. The number of carbonyl (C=O) groups is 1. The van der Waals surface area contributed by atoms with Crippen molar-refractivity contribution in [2.24, 2.45) is 0 Å². The van der Waals surface area contributed by atoms with Crippen LogP contribution < -0.4 is 0 Å². The molecule has 0 atom stereocenters. The molecule has 0 saturated carbocycles. The van der Waals surface area contributed by atoms with E-state index in [1.165, 1.54) is 11.1 Å². The molecule has 3 aromatic rings. The normalized spacial score (nSPS) is 10.8. The summed E-state index contributed by atoms with van der Waals surface area (Å²) in [5.41, 5.74) is 5.04. The van der Waals surface area contributed by atoms with E-state index < -0.39 is 0 Å². The van der Waals surface area contributed by atoms with Crippen molar-refractivity contribution in [1.29, 1.82) is 0 Å². The second-order valence-corrected chi connectivity index (χ2v) is 4.74. The van der Waals surface area contributed by atoms with Crippen molar-refractivity contribution in [1.82, 2.24) is 9.38 Å². The predicted molar refractivity (Wildman–Crippen MR) is 74.6 cm³/mol. The maximum atomic E-state index is 10.8. The van der Waals surface area contributed by atoms with Crippen LogP contribution in [0.4, 0.5) is 0 Å². The molecule has 0 N–H and O–H groups in total. The highest BCUT2D eigenvalue weighted by Crippen LogP contribution is 2.12. The molecule has 0 fully saturated rings. The van der Waals surface area contributed by atoms with Crippen LogP contribution in [0, 0.1) is 6.92 Å². The molecule has 19 heavy (non-hydrogen) atoms. The van der Waals surface area contributed by atoms with Crippen molar-refractivity contribution in [2.45, 2.75) is 13.3 Å². The van der Waals surface area contributed by atoms with E-state index in [2.05, 4.69) is 36.2 Å². The lowest BCUT2D eigenvalue weighted by atomic mass is 10.1. The summed E-state index contributed by atoms with van der Waals surface area (Å²) in [5, 5.41) is 0. The van der Waals surface area contributed by atoms with E-state index in [0.717, 1.165) is 24.0 Å². The molecule has 0 unspecified atom stereocenters. The molecule has 0 amide bonds. The van der Waals surface area contributed by atoms with Gasteiger partial charge in [0.1, 0.15) is 5.65 Å². The zero-order valence-electron chi connectivity index (χ0n) is 10.7. The fourth-order valence-electron chi connectivity index (χ4n) is 2.25. The number of hydrogen-bond acceptors (Lipinski definition) is 2. The number of imidazole rings is 1. The van der Waals surface area contributed by atoms with E-state index in [4.69, 9.17) is 0 Å². The summed E-state index contributed by atoms with van der Waals surface area (Å²) < 4.78 is 1.90. The van der Waals surface area contributed by atoms with Gasteiger partial charge in [0.05, 0.1) is 5.69 Å². The predicted octanol–water partition coefficient (Wildman–Crippen LogP) is 3.05. The Morgan fingerprint density at radius 2 is 2.11 bits per heavy atom. The number of pyridine rings is 1. The van der Waals surface area contributed by atoms with E-state index in [0.29, 0.717) is 5.56 Å². The molecule has 3 heteroatoms. The first kappa shape index (κ1) is 11.7. The average Bonchev–Trinajstić information content (AvgIpc) is 2.79. The molecule has 3 nitrogen and oxygen atoms in total. The van der Waals surface area contributed by atoms with Gasteiger partial charge >= 0.3 is 0 Å². The maximum absolute atomic E-state index is 10.8. The zero-order valence-corrected chi connectivity index (χ0v) is 10.7. The lowest BCUT2D eigenvalue weighted by Crippen LogP contribution is -1.88. The molecule has 94 valence electrons. The van der Waals surface area contributed by atoms with Crippen LogP contribution in [0.1, 0.15) is 27.2 Å². The minimum atomic E-state index is 0.659. The Hall–Kier alpha value is -2.42. The van der Waals surface area contributed by atoms with E-state index in [1.54, 1.807) is 12.3 Å². The van der Waals surface area contributed by atoms with Crippen molar-refractivity contribution in [3.63, 3.8) is 0 Å². The van der Waals surface area contributed by atoms with Gasteiger partial charge in [-0.1, -0.05) is 29.8 Å². The summed E-state index contributed by atoms with van der Waals surface area (Å²) in [7, 11) is 0. The molecule has 0 aliphatic heterocycles. The van der Waals surface area contributed by atoms with Gasteiger partial charge in [-0.25, -0.2) is 4.98 Å². The van der Waals surface area contributed by atoms with Crippen molar-refractivity contribution in [3.05, 3.63) is 71.2 Å². The molecule has 0 saturated heterocycles. The van der Waals surface area contributed by atoms with Gasteiger partial charge in [0, 0.05) is 24.4 Å². The first-order valence-corrected chi connectivity index (χ1v) is 6.23. The van der Waals surface area contributed by atoms with Gasteiger partial charge < -0.3 is 4.40 Å². The monoisotopic (exact) mass is 250 g/mol. The number of aromatic nitrogens is 2. The number of aryl methyl sites for hydroxylation is 1. The molecular formula is C16H14N2O. The topological polar surface area (TPSA) is 34.4 Å². The fourth-order valence-corrected chi connectivity index (χ4v) is 2.25. The first-order valence-electron chi connectivity index (χ1n) is 6.23. The van der Waals surface area contributed by atoms with Gasteiger partial charge in [0.15, 0.2) is 6.29 Å². The van der Waals surface area contributed by atoms with Crippen LogP contribution in [0.15, 0.2) is 48.8 Å². The summed E-state index contributed by atoms with van der Waals surface area (Å²) in [4.78, 5) is 15.3. The van der Waals surface area contributed by atoms with Gasteiger partial charge in [-0.2, -0.15) is 0 Å². The maximum Gasteiger partial charge on any atom is 0.151 e. The second kappa shape index (κ2) is 4.69. The van der Waals surface area contributed by atoms with Crippen LogP contribution >= 0.6 is 0 Å². The summed E-state index contributed by atoms with van der Waals surface area (Å²) in [6.45, 7) is 2.09. The summed E-state index contributed by atoms with van der Waals surface area (Å²) in [6.07, 6.45) is 5.43. The summed E-state index contributed by atoms with van der Waals surface area (Å²) in [5.74, 6) is 0. The highest BCUT2D eigenvalue weighted by Gasteiger charge is 2.03. The molecule has 2 heterocycles. The third kappa shape index (κ3) is 2.40. The summed E-state index contributed by atoms with van der Waals surface area (Å²) in [6, 6.07) is 12.1. The second-order valence-electron chi connectivity index (χ2n) is 4.74. The number of fused-ring (bicyclic) bond motifs is 1. The molecule has 2 aromatic heterocycles.